The lowest BCUT2D eigenvalue weighted by atomic mass is 10.1. The number of carbonyl (C=O) groups excluding carboxylic acids is 1. The summed E-state index contributed by atoms with van der Waals surface area (Å²) in [5, 5.41) is 10.8. The van der Waals surface area contributed by atoms with E-state index in [1.165, 1.54) is 18.2 Å². The number of hydrogen-bond donors (Lipinski definition) is 1. The van der Waals surface area contributed by atoms with Crippen molar-refractivity contribution in [1.29, 1.82) is 0 Å². The zero-order valence-corrected chi connectivity index (χ0v) is 11.4. The number of nitro groups is 1. The van der Waals surface area contributed by atoms with Crippen LogP contribution in [-0.4, -0.2) is 53.9 Å². The second kappa shape index (κ2) is 5.87. The van der Waals surface area contributed by atoms with E-state index in [1.807, 2.05) is 7.05 Å². The molecule has 1 heterocycles. The quantitative estimate of drug-likeness (QED) is 0.494. The molecule has 20 heavy (non-hydrogen) atoms. The Bertz CT molecular complexity index is 532. The Labute approximate surface area is 117 Å². The van der Waals surface area contributed by atoms with Crippen molar-refractivity contribution in [2.45, 2.75) is 6.42 Å². The van der Waals surface area contributed by atoms with Crippen LogP contribution in [0.15, 0.2) is 18.2 Å². The fourth-order valence-electron chi connectivity index (χ4n) is 2.26. The minimum Gasteiger partial charge on any atom is -0.398 e. The van der Waals surface area contributed by atoms with E-state index in [-0.39, 0.29) is 22.8 Å². The summed E-state index contributed by atoms with van der Waals surface area (Å²) in [5.74, 6) is -0.235. The second-order valence-electron chi connectivity index (χ2n) is 4.98. The van der Waals surface area contributed by atoms with Crippen LogP contribution in [0.2, 0.25) is 0 Å². The molecule has 0 aromatic heterocycles. The van der Waals surface area contributed by atoms with Gasteiger partial charge < -0.3 is 15.5 Å². The van der Waals surface area contributed by atoms with Crippen LogP contribution in [0.25, 0.3) is 0 Å². The molecule has 1 amide bonds. The molecule has 1 fully saturated rings. The fourth-order valence-corrected chi connectivity index (χ4v) is 2.26. The van der Waals surface area contributed by atoms with E-state index in [9.17, 15) is 14.9 Å². The number of nitro benzene ring substituents is 1. The maximum absolute atomic E-state index is 12.5. The number of hydrogen-bond acceptors (Lipinski definition) is 5. The third-order valence-electron chi connectivity index (χ3n) is 3.48. The van der Waals surface area contributed by atoms with Crippen LogP contribution >= 0.6 is 0 Å². The molecule has 7 nitrogen and oxygen atoms in total. The molecule has 1 aliphatic heterocycles. The van der Waals surface area contributed by atoms with Crippen LogP contribution in [-0.2, 0) is 0 Å². The zero-order valence-electron chi connectivity index (χ0n) is 11.4. The molecule has 1 aromatic carbocycles. The topological polar surface area (TPSA) is 92.7 Å². The molecule has 108 valence electrons. The summed E-state index contributed by atoms with van der Waals surface area (Å²) in [4.78, 5) is 26.6. The molecule has 2 N–H and O–H groups in total. The first-order chi connectivity index (χ1) is 9.49. The van der Waals surface area contributed by atoms with Gasteiger partial charge in [0.15, 0.2) is 0 Å². The van der Waals surface area contributed by atoms with Gasteiger partial charge in [-0.2, -0.15) is 0 Å². The van der Waals surface area contributed by atoms with Crippen LogP contribution < -0.4 is 5.73 Å². The molecule has 2 rings (SSSR count). The van der Waals surface area contributed by atoms with Crippen LogP contribution in [0.1, 0.15) is 16.8 Å². The Balaban J connectivity index is 2.23. The maximum atomic E-state index is 12.5. The average molecular weight is 278 g/mol. The third-order valence-corrected chi connectivity index (χ3v) is 3.48. The Kier molecular flexibility index (Phi) is 4.19. The van der Waals surface area contributed by atoms with Crippen LogP contribution in [0.3, 0.4) is 0 Å². The summed E-state index contributed by atoms with van der Waals surface area (Å²) in [7, 11) is 2.01. The number of rotatable bonds is 2. The second-order valence-corrected chi connectivity index (χ2v) is 4.98. The Morgan fingerprint density at radius 1 is 1.30 bits per heavy atom. The highest BCUT2D eigenvalue weighted by Gasteiger charge is 2.22. The van der Waals surface area contributed by atoms with Crippen molar-refractivity contribution in [1.82, 2.24) is 9.80 Å². The van der Waals surface area contributed by atoms with Crippen molar-refractivity contribution in [3.63, 3.8) is 0 Å². The number of amides is 1. The lowest BCUT2D eigenvalue weighted by Crippen LogP contribution is -2.34. The van der Waals surface area contributed by atoms with Crippen LogP contribution in [0.5, 0.6) is 0 Å². The van der Waals surface area contributed by atoms with E-state index >= 15 is 0 Å². The van der Waals surface area contributed by atoms with E-state index in [2.05, 4.69) is 4.90 Å². The first-order valence-corrected chi connectivity index (χ1v) is 6.51. The van der Waals surface area contributed by atoms with Gasteiger partial charge in [0.2, 0.25) is 0 Å². The van der Waals surface area contributed by atoms with Crippen molar-refractivity contribution in [2.24, 2.45) is 0 Å². The molecule has 0 spiro atoms. The predicted octanol–water partition coefficient (Wildman–Crippen LogP) is 0.955. The SMILES string of the molecule is CN1CCCN(C(=O)c2cc([N+](=O)[O-])ccc2N)CC1. The molecule has 0 aliphatic carbocycles. The largest absolute Gasteiger partial charge is 0.398 e. The van der Waals surface area contributed by atoms with E-state index < -0.39 is 4.92 Å². The fraction of sp³-hybridized carbons (Fsp3) is 0.462. The molecule has 0 atom stereocenters. The monoisotopic (exact) mass is 278 g/mol. The highest BCUT2D eigenvalue weighted by Crippen LogP contribution is 2.21. The number of non-ortho nitro benzene ring substituents is 1. The Morgan fingerprint density at radius 3 is 2.75 bits per heavy atom. The molecular formula is C13H18N4O3. The van der Waals surface area contributed by atoms with Gasteiger partial charge in [-0.1, -0.05) is 0 Å². The van der Waals surface area contributed by atoms with Gasteiger partial charge in [-0.3, -0.25) is 14.9 Å². The molecule has 1 aliphatic rings. The van der Waals surface area contributed by atoms with Gasteiger partial charge in [0.25, 0.3) is 11.6 Å². The normalized spacial score (nSPS) is 16.8. The molecule has 0 saturated carbocycles. The molecule has 0 bridgehead atoms. The van der Waals surface area contributed by atoms with Crippen molar-refractivity contribution in [3.05, 3.63) is 33.9 Å². The first-order valence-electron chi connectivity index (χ1n) is 6.51. The molecule has 7 heteroatoms. The zero-order chi connectivity index (χ0) is 14.7. The molecule has 1 saturated heterocycles. The number of anilines is 1. The summed E-state index contributed by atoms with van der Waals surface area (Å²) in [6, 6.07) is 3.98. The number of benzene rings is 1. The Morgan fingerprint density at radius 2 is 2.05 bits per heavy atom. The Hall–Kier alpha value is -2.15. The van der Waals surface area contributed by atoms with Gasteiger partial charge in [-0.15, -0.1) is 0 Å². The van der Waals surface area contributed by atoms with Crippen LogP contribution in [0.4, 0.5) is 11.4 Å². The van der Waals surface area contributed by atoms with Gasteiger partial charge in [0, 0.05) is 37.5 Å². The van der Waals surface area contributed by atoms with Gasteiger partial charge in [-0.25, -0.2) is 0 Å². The summed E-state index contributed by atoms with van der Waals surface area (Å²) < 4.78 is 0. The van der Waals surface area contributed by atoms with Crippen LogP contribution in [0, 0.1) is 10.1 Å². The minimum absolute atomic E-state index is 0.116. The summed E-state index contributed by atoms with van der Waals surface area (Å²) >= 11 is 0. The molecular weight excluding hydrogens is 260 g/mol. The lowest BCUT2D eigenvalue weighted by Gasteiger charge is -2.21. The number of nitrogens with zero attached hydrogens (tertiary/aromatic N) is 3. The first kappa shape index (κ1) is 14.3. The van der Waals surface area contributed by atoms with Crippen molar-refractivity contribution in [3.8, 4) is 0 Å². The maximum Gasteiger partial charge on any atom is 0.270 e. The summed E-state index contributed by atoms with van der Waals surface area (Å²) in [6.45, 7) is 2.98. The van der Waals surface area contributed by atoms with Crippen molar-refractivity contribution >= 4 is 17.3 Å². The number of carbonyl (C=O) groups is 1. The molecule has 0 radical (unpaired) electrons. The smallest absolute Gasteiger partial charge is 0.270 e. The standard InChI is InChI=1S/C13H18N4O3/c1-15-5-2-6-16(8-7-15)13(18)11-9-10(17(19)20)3-4-12(11)14/h3-4,9H,2,5-8,14H2,1H3. The minimum atomic E-state index is -0.521. The average Bonchev–Trinajstić information content (AvgIpc) is 2.63. The summed E-state index contributed by atoms with van der Waals surface area (Å²) in [6.07, 6.45) is 0.886. The highest BCUT2D eigenvalue weighted by molar-refractivity contribution is 5.99. The summed E-state index contributed by atoms with van der Waals surface area (Å²) in [5.41, 5.74) is 6.15. The van der Waals surface area contributed by atoms with Crippen molar-refractivity contribution in [2.75, 3.05) is 39.0 Å². The van der Waals surface area contributed by atoms with Gasteiger partial charge >= 0.3 is 0 Å². The highest BCUT2D eigenvalue weighted by atomic mass is 16.6. The van der Waals surface area contributed by atoms with E-state index in [4.69, 9.17) is 5.73 Å². The van der Waals surface area contributed by atoms with Crippen molar-refractivity contribution < 1.29 is 9.72 Å². The predicted molar refractivity (Wildman–Crippen MR) is 75.5 cm³/mol. The van der Waals surface area contributed by atoms with Gasteiger partial charge in [-0.05, 0) is 26.1 Å². The third kappa shape index (κ3) is 3.05. The molecule has 1 aromatic rings. The number of likely N-dealkylation sites (N-methyl/N-ethyl adjacent to an activating group) is 1. The number of nitrogens with two attached hydrogens (primary N) is 1. The van der Waals surface area contributed by atoms with E-state index in [0.717, 1.165) is 19.5 Å². The van der Waals surface area contributed by atoms with E-state index in [1.54, 1.807) is 4.90 Å². The number of nitrogen functional groups attached to an aromatic ring is 1. The molecule has 0 unspecified atom stereocenters. The van der Waals surface area contributed by atoms with E-state index in [0.29, 0.717) is 13.1 Å². The van der Waals surface area contributed by atoms with Gasteiger partial charge in [0.1, 0.15) is 0 Å². The van der Waals surface area contributed by atoms with Gasteiger partial charge in [0.05, 0.1) is 10.5 Å². The lowest BCUT2D eigenvalue weighted by molar-refractivity contribution is -0.384.